The lowest BCUT2D eigenvalue weighted by molar-refractivity contribution is 0.328. The molecule has 0 spiro atoms. The summed E-state index contributed by atoms with van der Waals surface area (Å²) in [7, 11) is 0. The summed E-state index contributed by atoms with van der Waals surface area (Å²) < 4.78 is 16.0. The molecule has 0 bridgehead atoms. The van der Waals surface area contributed by atoms with Crippen LogP contribution in [0, 0.1) is 0 Å². The van der Waals surface area contributed by atoms with Crippen molar-refractivity contribution in [3.63, 3.8) is 0 Å². The molecule has 0 saturated heterocycles. The number of hydrogen-bond acceptors (Lipinski definition) is 2. The van der Waals surface area contributed by atoms with Gasteiger partial charge < -0.3 is 0 Å². The van der Waals surface area contributed by atoms with Gasteiger partial charge in [0.1, 0.15) is 0 Å². The maximum absolute atomic E-state index is 11.0. The second-order valence-corrected chi connectivity index (χ2v) is 4.19. The molecule has 4 heteroatoms. The standard InChI is InChI=1S/C8H7ClO2S/c9-8-2-1-6-4-11-12(10)5-7(6)3-8/h1-3H,4-5H2. The van der Waals surface area contributed by atoms with Crippen LogP contribution in [0.5, 0.6) is 0 Å². The number of halogens is 1. The van der Waals surface area contributed by atoms with Gasteiger partial charge in [-0.2, -0.15) is 0 Å². The molecule has 1 aromatic rings. The molecule has 0 radical (unpaired) electrons. The van der Waals surface area contributed by atoms with Gasteiger partial charge >= 0.3 is 0 Å². The quantitative estimate of drug-likeness (QED) is 0.644. The van der Waals surface area contributed by atoms with E-state index in [1.54, 1.807) is 0 Å². The van der Waals surface area contributed by atoms with Crippen molar-refractivity contribution in [2.24, 2.45) is 0 Å². The van der Waals surface area contributed by atoms with E-state index in [1.807, 2.05) is 18.2 Å². The summed E-state index contributed by atoms with van der Waals surface area (Å²) in [5, 5.41) is 0.688. The molecule has 1 unspecified atom stereocenters. The van der Waals surface area contributed by atoms with Crippen molar-refractivity contribution in [3.8, 4) is 0 Å². The van der Waals surface area contributed by atoms with Gasteiger partial charge in [0.15, 0.2) is 11.1 Å². The summed E-state index contributed by atoms with van der Waals surface area (Å²) in [5.74, 6) is 0.454. The summed E-state index contributed by atoms with van der Waals surface area (Å²) >= 11 is 4.62. The average Bonchev–Trinajstić information content (AvgIpc) is 2.03. The third-order valence-electron chi connectivity index (χ3n) is 1.79. The fraction of sp³-hybridized carbons (Fsp3) is 0.250. The average molecular weight is 203 g/mol. The van der Waals surface area contributed by atoms with Gasteiger partial charge in [0.05, 0.1) is 12.4 Å². The van der Waals surface area contributed by atoms with Crippen LogP contribution in [-0.2, 0) is 27.6 Å². The van der Waals surface area contributed by atoms with E-state index in [0.29, 0.717) is 17.4 Å². The van der Waals surface area contributed by atoms with Crippen molar-refractivity contribution in [2.45, 2.75) is 12.4 Å². The van der Waals surface area contributed by atoms with Gasteiger partial charge in [0.25, 0.3) is 0 Å². The van der Waals surface area contributed by atoms with Gasteiger partial charge in [0, 0.05) is 5.02 Å². The molecule has 1 aliphatic rings. The fourth-order valence-corrected chi connectivity index (χ4v) is 2.23. The number of fused-ring (bicyclic) bond motifs is 1. The van der Waals surface area contributed by atoms with Gasteiger partial charge in [0.2, 0.25) is 0 Å². The van der Waals surface area contributed by atoms with Crippen molar-refractivity contribution in [1.29, 1.82) is 0 Å². The minimum absolute atomic E-state index is 0.430. The molecule has 12 heavy (non-hydrogen) atoms. The summed E-state index contributed by atoms with van der Waals surface area (Å²) in [6.07, 6.45) is 0. The zero-order valence-electron chi connectivity index (χ0n) is 6.25. The van der Waals surface area contributed by atoms with E-state index in [4.69, 9.17) is 15.8 Å². The highest BCUT2D eigenvalue weighted by Crippen LogP contribution is 2.22. The molecule has 64 valence electrons. The van der Waals surface area contributed by atoms with E-state index >= 15 is 0 Å². The van der Waals surface area contributed by atoms with E-state index in [2.05, 4.69) is 0 Å². The zero-order valence-corrected chi connectivity index (χ0v) is 7.82. The number of hydrogen-bond donors (Lipinski definition) is 0. The molecular formula is C8H7ClO2S. The van der Waals surface area contributed by atoms with Crippen molar-refractivity contribution in [2.75, 3.05) is 0 Å². The molecule has 0 amide bonds. The van der Waals surface area contributed by atoms with Crippen LogP contribution in [0.4, 0.5) is 0 Å². The molecule has 0 saturated carbocycles. The Bertz CT molecular complexity index is 338. The van der Waals surface area contributed by atoms with Gasteiger partial charge in [-0.15, -0.1) is 0 Å². The Kier molecular flexibility index (Phi) is 2.17. The first-order valence-electron chi connectivity index (χ1n) is 3.54. The highest BCUT2D eigenvalue weighted by molar-refractivity contribution is 7.79. The van der Waals surface area contributed by atoms with E-state index in [9.17, 15) is 4.21 Å². The van der Waals surface area contributed by atoms with Crippen LogP contribution in [0.25, 0.3) is 0 Å². The molecule has 0 fully saturated rings. The molecule has 1 aromatic carbocycles. The lowest BCUT2D eigenvalue weighted by atomic mass is 10.1. The van der Waals surface area contributed by atoms with E-state index in [0.717, 1.165) is 11.1 Å². The second-order valence-electron chi connectivity index (χ2n) is 2.62. The van der Waals surface area contributed by atoms with Gasteiger partial charge in [-0.05, 0) is 23.3 Å². The highest BCUT2D eigenvalue weighted by atomic mass is 35.5. The maximum atomic E-state index is 11.0. The smallest absolute Gasteiger partial charge is 0.160 e. The van der Waals surface area contributed by atoms with Gasteiger partial charge in [-0.25, -0.2) is 4.21 Å². The first-order valence-corrected chi connectivity index (χ1v) is 5.17. The Hall–Kier alpha value is -0.380. The molecule has 0 aromatic heterocycles. The van der Waals surface area contributed by atoms with Gasteiger partial charge in [-0.3, -0.25) is 4.18 Å². The number of rotatable bonds is 0. The van der Waals surface area contributed by atoms with Crippen molar-refractivity contribution in [1.82, 2.24) is 0 Å². The van der Waals surface area contributed by atoms with Crippen LogP contribution < -0.4 is 0 Å². The predicted molar refractivity (Wildman–Crippen MR) is 48.1 cm³/mol. The Morgan fingerprint density at radius 2 is 2.25 bits per heavy atom. The Balaban J connectivity index is 2.44. The minimum Gasteiger partial charge on any atom is -0.285 e. The molecule has 2 rings (SSSR count). The van der Waals surface area contributed by atoms with E-state index in [-0.39, 0.29) is 0 Å². The van der Waals surface area contributed by atoms with Crippen LogP contribution in [0.1, 0.15) is 11.1 Å². The van der Waals surface area contributed by atoms with Crippen LogP contribution in [0.2, 0.25) is 5.02 Å². The Labute approximate surface area is 78.2 Å². The summed E-state index contributed by atoms with van der Waals surface area (Å²) in [4.78, 5) is 0. The molecule has 1 atom stereocenters. The lowest BCUT2D eigenvalue weighted by Gasteiger charge is -2.14. The lowest BCUT2D eigenvalue weighted by Crippen LogP contribution is -2.10. The van der Waals surface area contributed by atoms with E-state index < -0.39 is 11.1 Å². The summed E-state index contributed by atoms with van der Waals surface area (Å²) in [6.45, 7) is 0.430. The van der Waals surface area contributed by atoms with Gasteiger partial charge in [-0.1, -0.05) is 17.7 Å². The first kappa shape index (κ1) is 8.23. The molecule has 0 N–H and O–H groups in total. The van der Waals surface area contributed by atoms with Crippen LogP contribution in [0.15, 0.2) is 18.2 Å². The molecule has 1 heterocycles. The van der Waals surface area contributed by atoms with Crippen molar-refractivity contribution >= 4 is 22.7 Å². The molecule has 1 aliphatic heterocycles. The SMILES string of the molecule is O=S1Cc2cc(Cl)ccc2CO1. The first-order chi connectivity index (χ1) is 5.75. The molecule has 0 aliphatic carbocycles. The summed E-state index contributed by atoms with van der Waals surface area (Å²) in [6, 6.07) is 5.57. The largest absolute Gasteiger partial charge is 0.285 e. The monoisotopic (exact) mass is 202 g/mol. The van der Waals surface area contributed by atoms with Crippen LogP contribution in [-0.4, -0.2) is 4.21 Å². The Morgan fingerprint density at radius 1 is 1.42 bits per heavy atom. The predicted octanol–water partition coefficient (Wildman–Crippen LogP) is 2.03. The highest BCUT2D eigenvalue weighted by Gasteiger charge is 2.14. The third-order valence-corrected chi connectivity index (χ3v) is 2.95. The van der Waals surface area contributed by atoms with Crippen LogP contribution >= 0.6 is 11.6 Å². The third kappa shape index (κ3) is 1.53. The number of benzene rings is 1. The van der Waals surface area contributed by atoms with E-state index in [1.165, 1.54) is 0 Å². The van der Waals surface area contributed by atoms with Crippen molar-refractivity contribution < 1.29 is 8.39 Å². The maximum Gasteiger partial charge on any atom is 0.160 e. The minimum atomic E-state index is -1.17. The normalized spacial score (nSPS) is 21.9. The Morgan fingerprint density at radius 3 is 3.08 bits per heavy atom. The van der Waals surface area contributed by atoms with Crippen molar-refractivity contribution in [3.05, 3.63) is 34.3 Å². The molecular weight excluding hydrogens is 196 g/mol. The topological polar surface area (TPSA) is 26.3 Å². The summed E-state index contributed by atoms with van der Waals surface area (Å²) in [5.41, 5.74) is 2.12. The fourth-order valence-electron chi connectivity index (χ4n) is 1.17. The zero-order chi connectivity index (χ0) is 8.55. The molecule has 2 nitrogen and oxygen atoms in total. The van der Waals surface area contributed by atoms with Crippen LogP contribution in [0.3, 0.4) is 0 Å². The second kappa shape index (κ2) is 3.17.